The second-order valence-electron chi connectivity index (χ2n) is 10.0. The Labute approximate surface area is 227 Å². The minimum Gasteiger partial charge on any atom is -0.494 e. The van der Waals surface area contributed by atoms with Crippen LogP contribution < -0.4 is 10.1 Å². The smallest absolute Gasteiger partial charge is 0.251 e. The first kappa shape index (κ1) is 27.4. The highest BCUT2D eigenvalue weighted by Gasteiger charge is 2.10. The van der Waals surface area contributed by atoms with E-state index < -0.39 is 0 Å². The molecule has 1 amide bonds. The number of benzene rings is 3. The topological polar surface area (TPSA) is 56.1 Å². The van der Waals surface area contributed by atoms with E-state index in [4.69, 9.17) is 9.72 Å². The lowest BCUT2D eigenvalue weighted by molar-refractivity contribution is 0.0953. The fourth-order valence-electron chi connectivity index (χ4n) is 4.73. The summed E-state index contributed by atoms with van der Waals surface area (Å²) in [6.07, 6.45) is 7.22. The summed E-state index contributed by atoms with van der Waals surface area (Å²) in [7, 11) is 0. The van der Waals surface area contributed by atoms with Gasteiger partial charge in [-0.3, -0.25) is 4.79 Å². The molecule has 0 aliphatic heterocycles. The number of hydrogen-bond donors (Lipinski definition) is 1. The van der Waals surface area contributed by atoms with Crippen LogP contribution in [0.25, 0.3) is 11.0 Å². The van der Waals surface area contributed by atoms with E-state index in [-0.39, 0.29) is 5.91 Å². The van der Waals surface area contributed by atoms with Crippen molar-refractivity contribution in [2.45, 2.75) is 71.3 Å². The number of fused-ring (bicyclic) bond motifs is 1. The number of carbonyl (C=O) groups excluding carboxylic acids is 1. The molecule has 0 bridgehead atoms. The third-order valence-electron chi connectivity index (χ3n) is 7.24. The van der Waals surface area contributed by atoms with Gasteiger partial charge in [-0.25, -0.2) is 4.98 Å². The molecule has 200 valence electrons. The highest BCUT2D eigenvalue weighted by molar-refractivity contribution is 5.94. The number of rotatable bonds is 15. The molecule has 38 heavy (non-hydrogen) atoms. The lowest BCUT2D eigenvalue weighted by Gasteiger charge is -2.12. The Kier molecular flexibility index (Phi) is 10.4. The van der Waals surface area contributed by atoms with Crippen LogP contribution in [0.4, 0.5) is 0 Å². The van der Waals surface area contributed by atoms with E-state index in [0.29, 0.717) is 18.0 Å². The van der Waals surface area contributed by atoms with E-state index in [1.165, 1.54) is 11.1 Å². The molecule has 0 fully saturated rings. The van der Waals surface area contributed by atoms with E-state index in [2.05, 4.69) is 72.3 Å². The highest BCUT2D eigenvalue weighted by Crippen LogP contribution is 2.22. The standard InChI is InChI=1S/C33H41N3O2/c1-3-26(2)27-19-21-29(22-20-27)38-25-13-12-24-36-31-17-10-9-16-30(31)35-32(36)18-8-5-11-23-34-33(37)28-14-6-4-7-15-28/h4,6-7,9-10,14-17,19-22,26H,3,5,8,11-13,18,23-25H2,1-2H3,(H,34,37). The second kappa shape index (κ2) is 14.4. The number of ether oxygens (including phenoxy) is 1. The summed E-state index contributed by atoms with van der Waals surface area (Å²) in [6, 6.07) is 26.4. The summed E-state index contributed by atoms with van der Waals surface area (Å²) in [5.74, 6) is 2.69. The number of unbranched alkanes of at least 4 members (excludes halogenated alkanes) is 3. The van der Waals surface area contributed by atoms with Gasteiger partial charge in [-0.2, -0.15) is 0 Å². The summed E-state index contributed by atoms with van der Waals surface area (Å²) >= 11 is 0. The Balaban J connectivity index is 1.20. The summed E-state index contributed by atoms with van der Waals surface area (Å²) in [5, 5.41) is 3.02. The molecular weight excluding hydrogens is 470 g/mol. The molecule has 0 saturated carbocycles. The minimum atomic E-state index is -0.000483. The van der Waals surface area contributed by atoms with Gasteiger partial charge in [0.05, 0.1) is 17.6 Å². The van der Waals surface area contributed by atoms with Gasteiger partial charge in [0.25, 0.3) is 5.91 Å². The van der Waals surface area contributed by atoms with Crippen molar-refractivity contribution in [1.29, 1.82) is 0 Å². The van der Waals surface area contributed by atoms with Crippen molar-refractivity contribution in [3.63, 3.8) is 0 Å². The maximum Gasteiger partial charge on any atom is 0.251 e. The van der Waals surface area contributed by atoms with E-state index in [1.807, 2.05) is 30.3 Å². The lowest BCUT2D eigenvalue weighted by Crippen LogP contribution is -2.24. The number of hydrogen-bond acceptors (Lipinski definition) is 3. The maximum atomic E-state index is 12.2. The predicted octanol–water partition coefficient (Wildman–Crippen LogP) is 7.55. The Hall–Kier alpha value is -3.60. The van der Waals surface area contributed by atoms with Gasteiger partial charge in [-0.15, -0.1) is 0 Å². The van der Waals surface area contributed by atoms with Gasteiger partial charge in [0.15, 0.2) is 0 Å². The van der Waals surface area contributed by atoms with Gasteiger partial charge >= 0.3 is 0 Å². The number of nitrogens with zero attached hydrogens (tertiary/aromatic N) is 2. The number of imidazole rings is 1. The summed E-state index contributed by atoms with van der Waals surface area (Å²) in [4.78, 5) is 17.1. The second-order valence-corrected chi connectivity index (χ2v) is 10.0. The fraction of sp³-hybridized carbons (Fsp3) is 0.394. The van der Waals surface area contributed by atoms with Gasteiger partial charge in [-0.05, 0) is 80.0 Å². The molecule has 5 heteroatoms. The van der Waals surface area contributed by atoms with Crippen LogP contribution in [0.2, 0.25) is 0 Å². The zero-order chi connectivity index (χ0) is 26.6. The maximum absolute atomic E-state index is 12.2. The molecule has 0 aliphatic rings. The molecule has 4 rings (SSSR count). The van der Waals surface area contributed by atoms with E-state index in [0.717, 1.165) is 75.2 Å². The normalized spacial score (nSPS) is 11.9. The average molecular weight is 512 g/mol. The number of carbonyl (C=O) groups is 1. The van der Waals surface area contributed by atoms with Gasteiger partial charge in [0.2, 0.25) is 0 Å². The van der Waals surface area contributed by atoms with E-state index in [9.17, 15) is 4.79 Å². The van der Waals surface area contributed by atoms with Crippen molar-refractivity contribution >= 4 is 16.9 Å². The summed E-state index contributed by atoms with van der Waals surface area (Å²) < 4.78 is 8.39. The zero-order valence-corrected chi connectivity index (χ0v) is 22.9. The molecule has 0 aliphatic carbocycles. The van der Waals surface area contributed by atoms with Gasteiger partial charge in [0, 0.05) is 25.1 Å². The van der Waals surface area contributed by atoms with Gasteiger partial charge in [0.1, 0.15) is 11.6 Å². The van der Waals surface area contributed by atoms with Crippen molar-refractivity contribution in [2.24, 2.45) is 0 Å². The number of para-hydroxylation sites is 2. The van der Waals surface area contributed by atoms with Gasteiger partial charge in [-0.1, -0.05) is 62.7 Å². The van der Waals surface area contributed by atoms with E-state index >= 15 is 0 Å². The van der Waals surface area contributed by atoms with Crippen LogP contribution in [0, 0.1) is 0 Å². The minimum absolute atomic E-state index is 0.000483. The van der Waals surface area contributed by atoms with Gasteiger partial charge < -0.3 is 14.6 Å². The molecule has 1 heterocycles. The molecular formula is C33H41N3O2. The SMILES string of the molecule is CCC(C)c1ccc(OCCCCn2c(CCCCCNC(=O)c3ccccc3)nc3ccccc32)cc1. The zero-order valence-electron chi connectivity index (χ0n) is 22.9. The molecule has 1 unspecified atom stereocenters. The average Bonchev–Trinajstić information content (AvgIpc) is 3.32. The van der Waals surface area contributed by atoms with Crippen molar-refractivity contribution in [2.75, 3.05) is 13.2 Å². The molecule has 1 N–H and O–H groups in total. The Bertz CT molecular complexity index is 1260. The fourth-order valence-corrected chi connectivity index (χ4v) is 4.73. The number of aromatic nitrogens is 2. The van der Waals surface area contributed by atoms with Crippen LogP contribution >= 0.6 is 0 Å². The van der Waals surface area contributed by atoms with Crippen molar-refractivity contribution in [1.82, 2.24) is 14.9 Å². The molecule has 0 spiro atoms. The first-order valence-corrected chi connectivity index (χ1v) is 14.2. The van der Waals surface area contributed by atoms with Crippen LogP contribution in [-0.4, -0.2) is 28.6 Å². The Morgan fingerprint density at radius 3 is 2.45 bits per heavy atom. The first-order valence-electron chi connectivity index (χ1n) is 14.2. The molecule has 0 radical (unpaired) electrons. The van der Waals surface area contributed by atoms with Crippen molar-refractivity contribution < 1.29 is 9.53 Å². The predicted molar refractivity (Wildman–Crippen MR) is 156 cm³/mol. The first-order chi connectivity index (χ1) is 18.7. The molecule has 4 aromatic rings. The Morgan fingerprint density at radius 1 is 0.895 bits per heavy atom. The summed E-state index contributed by atoms with van der Waals surface area (Å²) in [6.45, 7) is 6.85. The molecule has 1 atom stereocenters. The lowest BCUT2D eigenvalue weighted by atomic mass is 9.99. The summed E-state index contributed by atoms with van der Waals surface area (Å²) in [5.41, 5.74) is 4.36. The van der Waals surface area contributed by atoms with Crippen LogP contribution in [0.5, 0.6) is 5.75 Å². The number of nitrogens with one attached hydrogen (secondary N) is 1. The third kappa shape index (κ3) is 7.70. The molecule has 1 aromatic heterocycles. The highest BCUT2D eigenvalue weighted by atomic mass is 16.5. The monoisotopic (exact) mass is 511 g/mol. The molecule has 5 nitrogen and oxygen atoms in total. The largest absolute Gasteiger partial charge is 0.494 e. The third-order valence-corrected chi connectivity index (χ3v) is 7.24. The molecule has 0 saturated heterocycles. The number of amides is 1. The van der Waals surface area contributed by atoms with Crippen LogP contribution in [0.3, 0.4) is 0 Å². The van der Waals surface area contributed by atoms with E-state index in [1.54, 1.807) is 0 Å². The van der Waals surface area contributed by atoms with Crippen LogP contribution in [-0.2, 0) is 13.0 Å². The Morgan fingerprint density at radius 2 is 1.66 bits per heavy atom. The quantitative estimate of drug-likeness (QED) is 0.168. The van der Waals surface area contributed by atoms with Crippen LogP contribution in [0.15, 0.2) is 78.9 Å². The number of aryl methyl sites for hydroxylation is 2. The molecule has 3 aromatic carbocycles. The van der Waals surface area contributed by atoms with Crippen LogP contribution in [0.1, 0.15) is 80.0 Å². The van der Waals surface area contributed by atoms with Crippen molar-refractivity contribution in [3.05, 3.63) is 95.8 Å². The van der Waals surface area contributed by atoms with Crippen molar-refractivity contribution in [3.8, 4) is 5.75 Å².